The van der Waals surface area contributed by atoms with Gasteiger partial charge in [-0.3, -0.25) is 0 Å². The molecule has 162 valence electrons. The number of allylic oxidation sites excluding steroid dienone is 3. The lowest BCUT2D eigenvalue weighted by Crippen LogP contribution is -2.58. The molecule has 0 aromatic carbocycles. The zero-order chi connectivity index (χ0) is 20.3. The van der Waals surface area contributed by atoms with Gasteiger partial charge in [0.1, 0.15) is 11.7 Å². The number of rotatable bonds is 4. The summed E-state index contributed by atoms with van der Waals surface area (Å²) in [5.74, 6) is 0.801. The van der Waals surface area contributed by atoms with Crippen LogP contribution in [0.15, 0.2) is 22.8 Å². The molecule has 1 N–H and O–H groups in total. The summed E-state index contributed by atoms with van der Waals surface area (Å²) >= 11 is 0. The van der Waals surface area contributed by atoms with Gasteiger partial charge in [0.2, 0.25) is 0 Å². The van der Waals surface area contributed by atoms with Crippen LogP contribution >= 0.6 is 0 Å². The minimum atomic E-state index is -0.591. The molecule has 0 amide bonds. The number of aliphatic hydroxyl groups is 1. The van der Waals surface area contributed by atoms with E-state index in [2.05, 4.69) is 13.0 Å². The Bertz CT molecular complexity index is 721. The number of hydrogen-bond acceptors (Lipinski definition) is 5. The first-order chi connectivity index (χ1) is 14.0. The predicted molar refractivity (Wildman–Crippen MR) is 109 cm³/mol. The van der Waals surface area contributed by atoms with E-state index in [1.54, 1.807) is 30.9 Å². The van der Waals surface area contributed by atoms with E-state index in [0.717, 1.165) is 58.2 Å². The van der Waals surface area contributed by atoms with Crippen molar-refractivity contribution in [3.05, 3.63) is 22.8 Å². The Hall–Kier alpha value is -0.720. The smallest absolute Gasteiger partial charge is 0.172 e. The van der Waals surface area contributed by atoms with Crippen LogP contribution in [0, 0.1) is 17.3 Å². The van der Waals surface area contributed by atoms with Gasteiger partial charge >= 0.3 is 0 Å². The normalized spacial score (nSPS) is 41.7. The monoisotopic (exact) mass is 404 g/mol. The number of fused-ring (bicyclic) bond motifs is 4. The van der Waals surface area contributed by atoms with Crippen LogP contribution < -0.4 is 0 Å². The SMILES string of the molecule is COCC(O)[C@@]1(OC)CC[C@H]2[C@@H]3CCC4=C(CCC5(C4)OCCO5)C3=CC[C@@]21C. The Morgan fingerprint density at radius 2 is 1.97 bits per heavy atom. The van der Waals surface area contributed by atoms with E-state index in [4.69, 9.17) is 18.9 Å². The van der Waals surface area contributed by atoms with Gasteiger partial charge in [-0.25, -0.2) is 0 Å². The van der Waals surface area contributed by atoms with Gasteiger partial charge in [0, 0.05) is 32.5 Å². The molecular formula is C24H36O5. The van der Waals surface area contributed by atoms with Gasteiger partial charge < -0.3 is 24.1 Å². The van der Waals surface area contributed by atoms with Crippen molar-refractivity contribution in [3.8, 4) is 0 Å². The van der Waals surface area contributed by atoms with Crippen molar-refractivity contribution in [1.82, 2.24) is 0 Å². The molecule has 5 rings (SSSR count). The molecular weight excluding hydrogens is 368 g/mol. The number of methoxy groups -OCH3 is 2. The summed E-state index contributed by atoms with van der Waals surface area (Å²) in [5, 5.41) is 11.0. The maximum atomic E-state index is 11.0. The highest BCUT2D eigenvalue weighted by atomic mass is 16.7. The second-order valence-electron chi connectivity index (χ2n) is 10.0. The van der Waals surface area contributed by atoms with E-state index in [1.165, 1.54) is 6.42 Å². The fraction of sp³-hybridized carbons (Fsp3) is 0.833. The molecule has 1 saturated heterocycles. The largest absolute Gasteiger partial charge is 0.388 e. The maximum absolute atomic E-state index is 11.0. The summed E-state index contributed by atoms with van der Waals surface area (Å²) in [6.07, 6.45) is 10.2. The first kappa shape index (κ1) is 20.2. The van der Waals surface area contributed by atoms with Crippen LogP contribution in [0.5, 0.6) is 0 Å². The number of hydrogen-bond donors (Lipinski definition) is 1. The Kier molecular flexibility index (Phi) is 4.99. The van der Waals surface area contributed by atoms with Gasteiger partial charge in [-0.1, -0.05) is 18.6 Å². The molecule has 1 heterocycles. The molecule has 0 bridgehead atoms. The standard InChI is InChI=1S/C24H36O5/c1-22-9-6-18-17-7-10-23(28-12-13-29-23)14-16(17)4-5-19(18)20(22)8-11-24(22,27-3)21(25)15-26-2/h6,19-21,25H,4-5,7-15H2,1-3H3/t19-,20+,21?,22+,24+/m1/s1. The van der Waals surface area contributed by atoms with Gasteiger partial charge in [0.15, 0.2) is 5.79 Å². The Labute approximate surface area is 174 Å². The molecule has 5 aliphatic rings. The second kappa shape index (κ2) is 7.16. The fourth-order valence-electron chi connectivity index (χ4n) is 7.64. The molecule has 1 aliphatic heterocycles. The third-order valence-corrected chi connectivity index (χ3v) is 9.05. The van der Waals surface area contributed by atoms with Crippen molar-refractivity contribution >= 4 is 0 Å². The van der Waals surface area contributed by atoms with Crippen LogP contribution in [0.1, 0.15) is 58.3 Å². The van der Waals surface area contributed by atoms with E-state index >= 15 is 0 Å². The van der Waals surface area contributed by atoms with Crippen molar-refractivity contribution in [1.29, 1.82) is 0 Å². The summed E-state index contributed by atoms with van der Waals surface area (Å²) in [6.45, 7) is 4.14. The second-order valence-corrected chi connectivity index (χ2v) is 10.0. The topological polar surface area (TPSA) is 57.2 Å². The van der Waals surface area contributed by atoms with Gasteiger partial charge in [-0.05, 0) is 61.5 Å². The first-order valence-electron chi connectivity index (χ1n) is 11.4. The molecule has 2 fully saturated rings. The van der Waals surface area contributed by atoms with Crippen molar-refractivity contribution in [2.24, 2.45) is 17.3 Å². The van der Waals surface area contributed by atoms with Gasteiger partial charge in [0.25, 0.3) is 0 Å². The number of ether oxygens (including phenoxy) is 4. The minimum Gasteiger partial charge on any atom is -0.388 e. The summed E-state index contributed by atoms with van der Waals surface area (Å²) in [5.41, 5.74) is 4.18. The van der Waals surface area contributed by atoms with Gasteiger partial charge in [-0.15, -0.1) is 0 Å². The summed E-state index contributed by atoms with van der Waals surface area (Å²) in [4.78, 5) is 0. The molecule has 29 heavy (non-hydrogen) atoms. The minimum absolute atomic E-state index is 0.0561. The predicted octanol–water partition coefficient (Wildman–Crippen LogP) is 3.76. The van der Waals surface area contributed by atoms with Crippen molar-refractivity contribution < 1.29 is 24.1 Å². The van der Waals surface area contributed by atoms with Crippen LogP contribution in [-0.4, -0.2) is 56.6 Å². The summed E-state index contributed by atoms with van der Waals surface area (Å²) in [7, 11) is 3.43. The maximum Gasteiger partial charge on any atom is 0.172 e. The molecule has 5 heteroatoms. The highest BCUT2D eigenvalue weighted by Crippen LogP contribution is 2.64. The molecule has 1 saturated carbocycles. The Morgan fingerprint density at radius 1 is 1.17 bits per heavy atom. The zero-order valence-electron chi connectivity index (χ0n) is 18.2. The molecule has 0 radical (unpaired) electrons. The molecule has 4 aliphatic carbocycles. The fourth-order valence-corrected chi connectivity index (χ4v) is 7.64. The van der Waals surface area contributed by atoms with Gasteiger partial charge in [-0.2, -0.15) is 0 Å². The zero-order valence-corrected chi connectivity index (χ0v) is 18.2. The Balaban J connectivity index is 1.46. The van der Waals surface area contributed by atoms with Crippen LogP contribution in [0.2, 0.25) is 0 Å². The van der Waals surface area contributed by atoms with Crippen molar-refractivity contribution in [3.63, 3.8) is 0 Å². The average Bonchev–Trinajstić information content (AvgIpc) is 3.30. The summed E-state index contributed by atoms with van der Waals surface area (Å²) in [6, 6.07) is 0. The van der Waals surface area contributed by atoms with Crippen molar-refractivity contribution in [2.75, 3.05) is 34.0 Å². The molecule has 5 nitrogen and oxygen atoms in total. The van der Waals surface area contributed by atoms with E-state index in [-0.39, 0.29) is 11.2 Å². The molecule has 5 atom stereocenters. The van der Waals surface area contributed by atoms with Gasteiger partial charge in [0.05, 0.1) is 19.8 Å². The van der Waals surface area contributed by atoms with Crippen LogP contribution in [-0.2, 0) is 18.9 Å². The third kappa shape index (κ3) is 2.77. The lowest BCUT2D eigenvalue weighted by Gasteiger charge is -2.53. The third-order valence-electron chi connectivity index (χ3n) is 9.05. The van der Waals surface area contributed by atoms with Crippen LogP contribution in [0.25, 0.3) is 0 Å². The summed E-state index contributed by atoms with van der Waals surface area (Å²) < 4.78 is 23.5. The molecule has 1 unspecified atom stereocenters. The first-order valence-corrected chi connectivity index (χ1v) is 11.4. The van der Waals surface area contributed by atoms with E-state index in [9.17, 15) is 5.11 Å². The molecule has 0 aromatic rings. The van der Waals surface area contributed by atoms with E-state index < -0.39 is 11.7 Å². The Morgan fingerprint density at radius 3 is 2.69 bits per heavy atom. The number of aliphatic hydroxyl groups excluding tert-OH is 1. The molecule has 1 spiro atoms. The highest BCUT2D eigenvalue weighted by Gasteiger charge is 2.64. The lowest BCUT2D eigenvalue weighted by atomic mass is 9.55. The van der Waals surface area contributed by atoms with Crippen LogP contribution in [0.3, 0.4) is 0 Å². The average molecular weight is 405 g/mol. The van der Waals surface area contributed by atoms with Crippen molar-refractivity contribution in [2.45, 2.75) is 75.8 Å². The highest BCUT2D eigenvalue weighted by molar-refractivity contribution is 5.45. The van der Waals surface area contributed by atoms with E-state index in [1.807, 2.05) is 0 Å². The quantitative estimate of drug-likeness (QED) is 0.773. The molecule has 0 aromatic heterocycles. The van der Waals surface area contributed by atoms with Crippen LogP contribution in [0.4, 0.5) is 0 Å². The van der Waals surface area contributed by atoms with E-state index in [0.29, 0.717) is 18.4 Å². The lowest BCUT2D eigenvalue weighted by molar-refractivity contribution is -0.184.